The molecule has 0 aliphatic heterocycles. The lowest BCUT2D eigenvalue weighted by molar-refractivity contribution is 0.151. The average molecular weight is 158 g/mol. The summed E-state index contributed by atoms with van der Waals surface area (Å²) in [6, 6.07) is 7.57. The number of terminal acetylenes is 1. The van der Waals surface area contributed by atoms with Crippen LogP contribution >= 0.6 is 0 Å². The van der Waals surface area contributed by atoms with Crippen molar-refractivity contribution in [3.63, 3.8) is 0 Å². The van der Waals surface area contributed by atoms with Gasteiger partial charge in [-0.05, 0) is 30.5 Å². The zero-order valence-corrected chi connectivity index (χ0v) is 6.75. The minimum Gasteiger partial charge on any atom is -0.385 e. The monoisotopic (exact) mass is 158 g/mol. The SMILES string of the molecule is C#Cc1cccc(C2(O)CC2)c1. The van der Waals surface area contributed by atoms with Crippen molar-refractivity contribution in [2.24, 2.45) is 0 Å². The van der Waals surface area contributed by atoms with Gasteiger partial charge in [-0.1, -0.05) is 18.1 Å². The van der Waals surface area contributed by atoms with Crippen molar-refractivity contribution >= 4 is 0 Å². The summed E-state index contributed by atoms with van der Waals surface area (Å²) >= 11 is 0. The molecule has 1 aromatic carbocycles. The first-order valence-corrected chi connectivity index (χ1v) is 4.04. The van der Waals surface area contributed by atoms with Gasteiger partial charge in [0.15, 0.2) is 0 Å². The van der Waals surface area contributed by atoms with Crippen molar-refractivity contribution in [1.82, 2.24) is 0 Å². The molecule has 0 aromatic heterocycles. The predicted octanol–water partition coefficient (Wildman–Crippen LogP) is 1.65. The average Bonchev–Trinajstić information content (AvgIpc) is 2.85. The highest BCUT2D eigenvalue weighted by molar-refractivity contribution is 5.39. The maximum atomic E-state index is 9.75. The summed E-state index contributed by atoms with van der Waals surface area (Å²) in [5.74, 6) is 2.56. The maximum absolute atomic E-state index is 9.75. The molecule has 1 aromatic rings. The summed E-state index contributed by atoms with van der Waals surface area (Å²) in [6.07, 6.45) is 6.98. The van der Waals surface area contributed by atoms with Crippen LogP contribution in [0.25, 0.3) is 0 Å². The molecule has 1 aliphatic carbocycles. The molecule has 0 unspecified atom stereocenters. The lowest BCUT2D eigenvalue weighted by Crippen LogP contribution is -2.03. The van der Waals surface area contributed by atoms with E-state index in [1.165, 1.54) is 0 Å². The second-order valence-corrected chi connectivity index (χ2v) is 3.26. The smallest absolute Gasteiger partial charge is 0.0899 e. The molecule has 2 rings (SSSR count). The van der Waals surface area contributed by atoms with Crippen molar-refractivity contribution in [2.75, 3.05) is 0 Å². The van der Waals surface area contributed by atoms with E-state index in [2.05, 4.69) is 5.92 Å². The Bertz CT molecular complexity index is 342. The fourth-order valence-corrected chi connectivity index (χ4v) is 1.31. The summed E-state index contributed by atoms with van der Waals surface area (Å²) in [5.41, 5.74) is 1.23. The molecular weight excluding hydrogens is 148 g/mol. The Balaban J connectivity index is 2.40. The number of benzene rings is 1. The standard InChI is InChI=1S/C11H10O/c1-2-9-4-3-5-10(8-9)11(12)6-7-11/h1,3-5,8,12H,6-7H2. The molecule has 0 spiro atoms. The molecule has 1 aliphatic rings. The van der Waals surface area contributed by atoms with Crippen molar-refractivity contribution in [1.29, 1.82) is 0 Å². The van der Waals surface area contributed by atoms with Crippen LogP contribution in [0.5, 0.6) is 0 Å². The highest BCUT2D eigenvalue weighted by Gasteiger charge is 2.41. The molecule has 0 atom stereocenters. The van der Waals surface area contributed by atoms with Crippen LogP contribution in [0.2, 0.25) is 0 Å². The van der Waals surface area contributed by atoms with Gasteiger partial charge in [0, 0.05) is 5.56 Å². The Labute approximate surface area is 72.0 Å². The fraction of sp³-hybridized carbons (Fsp3) is 0.273. The van der Waals surface area contributed by atoms with E-state index in [0.717, 1.165) is 24.0 Å². The van der Waals surface area contributed by atoms with Crippen molar-refractivity contribution < 1.29 is 5.11 Å². The number of hydrogen-bond acceptors (Lipinski definition) is 1. The summed E-state index contributed by atoms with van der Waals surface area (Å²) in [4.78, 5) is 0. The molecule has 0 bridgehead atoms. The van der Waals surface area contributed by atoms with E-state index in [1.807, 2.05) is 24.3 Å². The Kier molecular flexibility index (Phi) is 1.46. The lowest BCUT2D eigenvalue weighted by atomic mass is 10.1. The van der Waals surface area contributed by atoms with E-state index >= 15 is 0 Å². The van der Waals surface area contributed by atoms with Gasteiger partial charge in [-0.3, -0.25) is 0 Å². The highest BCUT2D eigenvalue weighted by Crippen LogP contribution is 2.45. The van der Waals surface area contributed by atoms with Crippen LogP contribution in [0, 0.1) is 12.3 Å². The largest absolute Gasteiger partial charge is 0.385 e. The minimum absolute atomic E-state index is 0.563. The van der Waals surface area contributed by atoms with Crippen LogP contribution in [0.15, 0.2) is 24.3 Å². The van der Waals surface area contributed by atoms with Gasteiger partial charge < -0.3 is 5.11 Å². The third-order valence-corrected chi connectivity index (χ3v) is 2.29. The first-order chi connectivity index (χ1) is 5.74. The Morgan fingerprint density at radius 2 is 2.17 bits per heavy atom. The normalized spacial score (nSPS) is 18.3. The molecule has 0 saturated heterocycles. The lowest BCUT2D eigenvalue weighted by Gasteiger charge is -2.07. The molecule has 0 heterocycles. The quantitative estimate of drug-likeness (QED) is 0.616. The van der Waals surface area contributed by atoms with Crippen LogP contribution in [0.4, 0.5) is 0 Å². The van der Waals surface area contributed by atoms with E-state index in [1.54, 1.807) is 0 Å². The molecule has 1 nitrogen and oxygen atoms in total. The van der Waals surface area contributed by atoms with Gasteiger partial charge in [-0.25, -0.2) is 0 Å². The second-order valence-electron chi connectivity index (χ2n) is 3.26. The van der Waals surface area contributed by atoms with Crippen LogP contribution < -0.4 is 0 Å². The highest BCUT2D eigenvalue weighted by atomic mass is 16.3. The Hall–Kier alpha value is -1.26. The first-order valence-electron chi connectivity index (χ1n) is 4.04. The van der Waals surface area contributed by atoms with Crippen LogP contribution in [-0.2, 0) is 5.60 Å². The second kappa shape index (κ2) is 2.36. The Morgan fingerprint density at radius 1 is 1.42 bits per heavy atom. The minimum atomic E-state index is -0.563. The zero-order chi connectivity index (χ0) is 8.60. The summed E-state index contributed by atoms with van der Waals surface area (Å²) < 4.78 is 0. The maximum Gasteiger partial charge on any atom is 0.0899 e. The van der Waals surface area contributed by atoms with Gasteiger partial charge in [0.25, 0.3) is 0 Å². The number of hydrogen-bond donors (Lipinski definition) is 1. The van der Waals surface area contributed by atoms with Gasteiger partial charge >= 0.3 is 0 Å². The van der Waals surface area contributed by atoms with Crippen LogP contribution in [0.1, 0.15) is 24.0 Å². The van der Waals surface area contributed by atoms with Gasteiger partial charge in [-0.2, -0.15) is 0 Å². The zero-order valence-electron chi connectivity index (χ0n) is 6.75. The molecule has 1 fully saturated rings. The molecule has 0 radical (unpaired) electrons. The molecule has 1 heteroatoms. The Morgan fingerprint density at radius 3 is 2.75 bits per heavy atom. The van der Waals surface area contributed by atoms with Gasteiger partial charge in [0.1, 0.15) is 0 Å². The van der Waals surface area contributed by atoms with E-state index < -0.39 is 5.60 Å². The van der Waals surface area contributed by atoms with E-state index in [0.29, 0.717) is 0 Å². The van der Waals surface area contributed by atoms with E-state index in [-0.39, 0.29) is 0 Å². The van der Waals surface area contributed by atoms with Crippen LogP contribution in [0.3, 0.4) is 0 Å². The third kappa shape index (κ3) is 1.11. The third-order valence-electron chi connectivity index (χ3n) is 2.29. The molecule has 60 valence electrons. The molecular formula is C11H10O. The van der Waals surface area contributed by atoms with Crippen molar-refractivity contribution in [3.8, 4) is 12.3 Å². The summed E-state index contributed by atoms with van der Waals surface area (Å²) in [7, 11) is 0. The topological polar surface area (TPSA) is 20.2 Å². The van der Waals surface area contributed by atoms with E-state index in [4.69, 9.17) is 6.42 Å². The molecule has 0 amide bonds. The summed E-state index contributed by atoms with van der Waals surface area (Å²) in [6.45, 7) is 0. The van der Waals surface area contributed by atoms with Gasteiger partial charge in [0.05, 0.1) is 5.60 Å². The first kappa shape index (κ1) is 7.39. The fourth-order valence-electron chi connectivity index (χ4n) is 1.31. The summed E-state index contributed by atoms with van der Waals surface area (Å²) in [5, 5.41) is 9.75. The van der Waals surface area contributed by atoms with Gasteiger partial charge in [0.2, 0.25) is 0 Å². The predicted molar refractivity (Wildman–Crippen MR) is 47.5 cm³/mol. The van der Waals surface area contributed by atoms with Crippen molar-refractivity contribution in [2.45, 2.75) is 18.4 Å². The molecule has 1 saturated carbocycles. The van der Waals surface area contributed by atoms with Crippen LogP contribution in [-0.4, -0.2) is 5.11 Å². The van der Waals surface area contributed by atoms with Gasteiger partial charge in [-0.15, -0.1) is 6.42 Å². The number of aliphatic hydroxyl groups is 1. The number of rotatable bonds is 1. The van der Waals surface area contributed by atoms with E-state index in [9.17, 15) is 5.11 Å². The molecule has 12 heavy (non-hydrogen) atoms. The molecule has 1 N–H and O–H groups in total. The van der Waals surface area contributed by atoms with Crippen molar-refractivity contribution in [3.05, 3.63) is 35.4 Å².